The number of carboxylic acids is 1. The molecule has 19 heavy (non-hydrogen) atoms. The van der Waals surface area contributed by atoms with E-state index in [2.05, 4.69) is 15.6 Å². The highest BCUT2D eigenvalue weighted by molar-refractivity contribution is 7.09. The van der Waals surface area contributed by atoms with Gasteiger partial charge in [-0.2, -0.15) is 0 Å². The number of nitrogens with zero attached hydrogens (tertiary/aromatic N) is 1. The van der Waals surface area contributed by atoms with Crippen molar-refractivity contribution in [2.24, 2.45) is 0 Å². The third-order valence-electron chi connectivity index (χ3n) is 2.09. The first-order valence-electron chi connectivity index (χ1n) is 5.80. The topological polar surface area (TPSA) is 101 Å². The van der Waals surface area contributed by atoms with Crippen LogP contribution in [-0.4, -0.2) is 48.4 Å². The second kappa shape index (κ2) is 8.44. The summed E-state index contributed by atoms with van der Waals surface area (Å²) < 4.78 is 4.77. The lowest BCUT2D eigenvalue weighted by Crippen LogP contribution is -2.38. The molecular weight excluding hydrogens is 270 g/mol. The van der Waals surface area contributed by atoms with Gasteiger partial charge in [-0.05, 0) is 6.92 Å². The van der Waals surface area contributed by atoms with E-state index in [4.69, 9.17) is 9.84 Å². The van der Waals surface area contributed by atoms with E-state index >= 15 is 0 Å². The molecule has 0 saturated carbocycles. The van der Waals surface area contributed by atoms with Crippen molar-refractivity contribution in [3.63, 3.8) is 0 Å². The molecule has 0 saturated heterocycles. The number of ether oxygens (including phenoxy) is 1. The van der Waals surface area contributed by atoms with Gasteiger partial charge in [0, 0.05) is 24.9 Å². The lowest BCUT2D eigenvalue weighted by molar-refractivity contribution is -0.142. The number of aliphatic carboxylic acids is 1. The Morgan fingerprint density at radius 2 is 2.16 bits per heavy atom. The zero-order valence-electron chi connectivity index (χ0n) is 10.6. The fraction of sp³-hybridized carbons (Fsp3) is 0.545. The predicted octanol–water partition coefficient (Wildman–Crippen LogP) is 0.394. The number of carboxylic acid groups (broad SMARTS) is 1. The summed E-state index contributed by atoms with van der Waals surface area (Å²) in [6, 6.07) is -0.300. The molecule has 0 unspecified atom stereocenters. The molecule has 0 aliphatic carbocycles. The summed E-state index contributed by atoms with van der Waals surface area (Å²) in [7, 11) is 0. The summed E-state index contributed by atoms with van der Waals surface area (Å²) in [5.74, 6) is -1.02. The molecular formula is C11H17N3O4S. The van der Waals surface area contributed by atoms with Crippen LogP contribution in [0.5, 0.6) is 0 Å². The monoisotopic (exact) mass is 287 g/mol. The van der Waals surface area contributed by atoms with Crippen molar-refractivity contribution in [3.05, 3.63) is 16.1 Å². The molecule has 7 nitrogen and oxygen atoms in total. The Balaban J connectivity index is 2.00. The Morgan fingerprint density at radius 3 is 2.79 bits per heavy atom. The van der Waals surface area contributed by atoms with E-state index in [1.54, 1.807) is 11.3 Å². The third-order valence-corrected chi connectivity index (χ3v) is 2.91. The molecule has 8 heteroatoms. The van der Waals surface area contributed by atoms with Gasteiger partial charge in [-0.1, -0.05) is 0 Å². The standard InChI is InChI=1S/C11H17N3O4S/c1-8-14-9(7-19-8)2-3-12-11(17)13-4-5-18-6-10(15)16/h7H,2-6H2,1H3,(H,15,16)(H2,12,13,17). The normalized spacial score (nSPS) is 10.2. The summed E-state index contributed by atoms with van der Waals surface area (Å²) in [6.07, 6.45) is 0.688. The van der Waals surface area contributed by atoms with Gasteiger partial charge in [-0.3, -0.25) is 0 Å². The molecule has 0 atom stereocenters. The number of thiazole rings is 1. The number of hydrogen-bond donors (Lipinski definition) is 3. The van der Waals surface area contributed by atoms with Gasteiger partial charge < -0.3 is 20.5 Å². The van der Waals surface area contributed by atoms with Crippen molar-refractivity contribution in [2.75, 3.05) is 26.3 Å². The van der Waals surface area contributed by atoms with Gasteiger partial charge in [-0.15, -0.1) is 11.3 Å². The number of rotatable bonds is 8. The molecule has 1 heterocycles. The number of aryl methyl sites for hydroxylation is 1. The number of carbonyl (C=O) groups excluding carboxylic acids is 1. The Hall–Kier alpha value is -1.67. The smallest absolute Gasteiger partial charge is 0.329 e. The highest BCUT2D eigenvalue weighted by Crippen LogP contribution is 2.07. The Kier molecular flexibility index (Phi) is 6.83. The highest BCUT2D eigenvalue weighted by Gasteiger charge is 2.02. The maximum atomic E-state index is 11.3. The van der Waals surface area contributed by atoms with Crippen LogP contribution in [0.3, 0.4) is 0 Å². The van der Waals surface area contributed by atoms with Gasteiger partial charge in [0.2, 0.25) is 0 Å². The highest BCUT2D eigenvalue weighted by atomic mass is 32.1. The van der Waals surface area contributed by atoms with Crippen LogP contribution in [0.2, 0.25) is 0 Å². The van der Waals surface area contributed by atoms with Gasteiger partial charge in [0.05, 0.1) is 17.3 Å². The predicted molar refractivity (Wildman–Crippen MR) is 70.4 cm³/mol. The quantitative estimate of drug-likeness (QED) is 0.601. The number of amides is 2. The first-order valence-corrected chi connectivity index (χ1v) is 6.68. The molecule has 3 N–H and O–H groups in total. The second-order valence-electron chi connectivity index (χ2n) is 3.74. The second-order valence-corrected chi connectivity index (χ2v) is 4.80. The van der Waals surface area contributed by atoms with Crippen molar-refractivity contribution in [2.45, 2.75) is 13.3 Å². The summed E-state index contributed by atoms with van der Waals surface area (Å²) in [5, 5.41) is 16.5. The zero-order chi connectivity index (χ0) is 14.1. The van der Waals surface area contributed by atoms with Crippen LogP contribution in [0.1, 0.15) is 10.7 Å². The van der Waals surface area contributed by atoms with Crippen molar-refractivity contribution in [1.29, 1.82) is 0 Å². The van der Waals surface area contributed by atoms with E-state index in [-0.39, 0.29) is 25.8 Å². The number of carbonyl (C=O) groups is 2. The fourth-order valence-corrected chi connectivity index (χ4v) is 1.93. The van der Waals surface area contributed by atoms with E-state index in [1.165, 1.54) is 0 Å². The molecule has 1 aromatic rings. The molecule has 106 valence electrons. The Morgan fingerprint density at radius 1 is 1.42 bits per heavy atom. The summed E-state index contributed by atoms with van der Waals surface area (Å²) in [6.45, 7) is 2.53. The van der Waals surface area contributed by atoms with Gasteiger partial charge in [0.15, 0.2) is 0 Å². The molecule has 0 bridgehead atoms. The summed E-state index contributed by atoms with van der Waals surface area (Å²) in [4.78, 5) is 25.7. The molecule has 0 fully saturated rings. The number of hydrogen-bond acceptors (Lipinski definition) is 5. The minimum Gasteiger partial charge on any atom is -0.480 e. The van der Waals surface area contributed by atoms with Crippen molar-refractivity contribution < 1.29 is 19.4 Å². The molecule has 0 aliphatic heterocycles. The maximum Gasteiger partial charge on any atom is 0.329 e. The fourth-order valence-electron chi connectivity index (χ4n) is 1.29. The molecule has 0 spiro atoms. The van der Waals surface area contributed by atoms with Gasteiger partial charge in [-0.25, -0.2) is 14.6 Å². The van der Waals surface area contributed by atoms with E-state index in [0.29, 0.717) is 13.0 Å². The van der Waals surface area contributed by atoms with E-state index in [1.807, 2.05) is 12.3 Å². The minimum atomic E-state index is -1.02. The van der Waals surface area contributed by atoms with E-state index in [0.717, 1.165) is 10.7 Å². The first-order chi connectivity index (χ1) is 9.08. The molecule has 1 aromatic heterocycles. The van der Waals surface area contributed by atoms with Crippen LogP contribution in [0.4, 0.5) is 4.79 Å². The van der Waals surface area contributed by atoms with Gasteiger partial charge in [0.25, 0.3) is 0 Å². The van der Waals surface area contributed by atoms with Gasteiger partial charge in [0.1, 0.15) is 6.61 Å². The number of urea groups is 1. The van der Waals surface area contributed by atoms with Crippen LogP contribution < -0.4 is 10.6 Å². The van der Waals surface area contributed by atoms with Crippen LogP contribution in [0, 0.1) is 6.92 Å². The molecule has 0 aliphatic rings. The average Bonchev–Trinajstić information content (AvgIpc) is 2.74. The maximum absolute atomic E-state index is 11.3. The SMILES string of the molecule is Cc1nc(CCNC(=O)NCCOCC(=O)O)cs1. The first kappa shape index (κ1) is 15.4. The average molecular weight is 287 g/mol. The van der Waals surface area contributed by atoms with E-state index in [9.17, 15) is 9.59 Å². The van der Waals surface area contributed by atoms with Crippen LogP contribution in [0.25, 0.3) is 0 Å². The molecule has 0 radical (unpaired) electrons. The van der Waals surface area contributed by atoms with Crippen LogP contribution >= 0.6 is 11.3 Å². The third kappa shape index (κ3) is 7.37. The number of aromatic nitrogens is 1. The summed E-state index contributed by atoms with van der Waals surface area (Å²) in [5.41, 5.74) is 0.965. The number of nitrogens with one attached hydrogen (secondary N) is 2. The van der Waals surface area contributed by atoms with Gasteiger partial charge >= 0.3 is 12.0 Å². The van der Waals surface area contributed by atoms with E-state index < -0.39 is 5.97 Å². The lowest BCUT2D eigenvalue weighted by atomic mass is 10.3. The van der Waals surface area contributed by atoms with Crippen molar-refractivity contribution in [1.82, 2.24) is 15.6 Å². The lowest BCUT2D eigenvalue weighted by Gasteiger charge is -2.06. The Labute approximate surface area is 115 Å². The largest absolute Gasteiger partial charge is 0.480 e. The summed E-state index contributed by atoms with van der Waals surface area (Å²) >= 11 is 1.58. The minimum absolute atomic E-state index is 0.172. The molecule has 0 aromatic carbocycles. The van der Waals surface area contributed by atoms with Crippen molar-refractivity contribution in [3.8, 4) is 0 Å². The Bertz CT molecular complexity index is 422. The molecule has 2 amide bonds. The van der Waals surface area contributed by atoms with Crippen LogP contribution in [0.15, 0.2) is 5.38 Å². The molecule has 1 rings (SSSR count). The zero-order valence-corrected chi connectivity index (χ0v) is 11.5. The van der Waals surface area contributed by atoms with Crippen molar-refractivity contribution >= 4 is 23.3 Å². The van der Waals surface area contributed by atoms with Crippen LogP contribution in [-0.2, 0) is 16.0 Å².